The third-order valence-corrected chi connectivity index (χ3v) is 10.7. The number of rotatable bonds is 44. The van der Waals surface area contributed by atoms with Crippen molar-refractivity contribution in [1.29, 1.82) is 0 Å². The maximum absolute atomic E-state index is 12.6. The van der Waals surface area contributed by atoms with Crippen molar-refractivity contribution >= 4 is 13.8 Å². The van der Waals surface area contributed by atoms with Gasteiger partial charge in [0, 0.05) is 13.0 Å². The Bertz CT molecular complexity index is 1030. The van der Waals surface area contributed by atoms with Crippen LogP contribution in [-0.2, 0) is 27.9 Å². The van der Waals surface area contributed by atoms with Gasteiger partial charge in [0.1, 0.15) is 12.2 Å². The molecule has 0 aromatic rings. The highest BCUT2D eigenvalue weighted by molar-refractivity contribution is 7.47. The van der Waals surface area contributed by atoms with Gasteiger partial charge >= 0.3 is 13.8 Å². The number of esters is 1. The van der Waals surface area contributed by atoms with E-state index < -0.39 is 39.2 Å². The molecule has 0 saturated carbocycles. The van der Waals surface area contributed by atoms with Crippen LogP contribution in [0.25, 0.3) is 0 Å². The molecule has 0 amide bonds. The zero-order chi connectivity index (χ0) is 41.8. The molecule has 10 heteroatoms. The van der Waals surface area contributed by atoms with Crippen molar-refractivity contribution in [3.05, 3.63) is 48.6 Å². The van der Waals surface area contributed by atoms with E-state index in [1.165, 1.54) is 96.3 Å². The van der Waals surface area contributed by atoms with Gasteiger partial charge in [0.25, 0.3) is 0 Å². The summed E-state index contributed by atoms with van der Waals surface area (Å²) >= 11 is 0. The molecule has 0 saturated heterocycles. The number of hydrogen-bond donors (Lipinski definition) is 3. The second-order valence-corrected chi connectivity index (χ2v) is 16.9. The normalized spacial score (nSPS) is 14.4. The largest absolute Gasteiger partial charge is 0.472 e. The van der Waals surface area contributed by atoms with Gasteiger partial charge in [-0.05, 0) is 51.4 Å². The number of carbonyl (C=O) groups excluding carboxylic acids is 1. The third-order valence-electron chi connectivity index (χ3n) is 9.78. The molecule has 3 N–H and O–H groups in total. The van der Waals surface area contributed by atoms with E-state index in [0.717, 1.165) is 77.0 Å². The van der Waals surface area contributed by atoms with Crippen LogP contribution in [0.15, 0.2) is 48.6 Å². The Morgan fingerprint density at radius 1 is 0.561 bits per heavy atom. The number of aliphatic hydroxyl groups is 2. The highest BCUT2D eigenvalue weighted by Gasteiger charge is 2.26. The average Bonchev–Trinajstić information content (AvgIpc) is 3.20. The van der Waals surface area contributed by atoms with Crippen LogP contribution in [0.5, 0.6) is 0 Å². The number of hydrogen-bond acceptors (Lipinski definition) is 8. The number of phosphoric acid groups is 1. The fourth-order valence-electron chi connectivity index (χ4n) is 6.29. The molecule has 0 heterocycles. The second kappa shape index (κ2) is 44.0. The van der Waals surface area contributed by atoms with Crippen molar-refractivity contribution < 1.29 is 43.0 Å². The van der Waals surface area contributed by atoms with Gasteiger partial charge < -0.3 is 24.6 Å². The summed E-state index contributed by atoms with van der Waals surface area (Å²) in [7, 11) is -4.52. The molecule has 0 aliphatic rings. The standard InChI is InChI=1S/C47H87O9P/c1-3-5-7-9-11-13-15-17-19-21-22-23-25-27-29-31-33-35-37-39-47(50)56-46(44-55-57(51,52)54-42-45(49)41-48)43-53-40-38-36-34-32-30-28-26-24-20-18-16-14-12-10-8-6-4-2/h5,7,11,13,17,19,22-23,45-46,48-49H,3-4,6,8-10,12,14-16,18,20-21,24-44H2,1-2H3,(H,51,52)/b7-5-,13-11-,19-17-,23-22-. The van der Waals surface area contributed by atoms with E-state index in [-0.39, 0.29) is 19.6 Å². The summed E-state index contributed by atoms with van der Waals surface area (Å²) in [5.41, 5.74) is 0. The molecular formula is C47H87O9P. The Balaban J connectivity index is 4.16. The van der Waals surface area contributed by atoms with Gasteiger partial charge in [-0.2, -0.15) is 0 Å². The summed E-state index contributed by atoms with van der Waals surface area (Å²) < 4.78 is 33.4. The van der Waals surface area contributed by atoms with E-state index >= 15 is 0 Å². The lowest BCUT2D eigenvalue weighted by Gasteiger charge is -2.20. The fourth-order valence-corrected chi connectivity index (χ4v) is 7.08. The van der Waals surface area contributed by atoms with Gasteiger partial charge in [-0.25, -0.2) is 4.57 Å². The van der Waals surface area contributed by atoms with Crippen LogP contribution in [0.2, 0.25) is 0 Å². The molecule has 334 valence electrons. The first-order valence-electron chi connectivity index (χ1n) is 23.1. The van der Waals surface area contributed by atoms with Gasteiger partial charge in [0.2, 0.25) is 0 Å². The van der Waals surface area contributed by atoms with Crippen molar-refractivity contribution in [3.8, 4) is 0 Å². The zero-order valence-electron chi connectivity index (χ0n) is 36.6. The first-order valence-corrected chi connectivity index (χ1v) is 24.6. The molecule has 0 fully saturated rings. The predicted molar refractivity (Wildman–Crippen MR) is 237 cm³/mol. The molecule has 3 unspecified atom stereocenters. The maximum Gasteiger partial charge on any atom is 0.472 e. The summed E-state index contributed by atoms with van der Waals surface area (Å²) in [6, 6.07) is 0. The monoisotopic (exact) mass is 827 g/mol. The van der Waals surface area contributed by atoms with Crippen molar-refractivity contribution in [2.45, 2.75) is 212 Å². The van der Waals surface area contributed by atoms with E-state index in [1.54, 1.807) is 0 Å². The summed E-state index contributed by atoms with van der Waals surface area (Å²) in [6.45, 7) is 3.41. The molecule has 3 atom stereocenters. The minimum atomic E-state index is -4.52. The Hall–Kier alpha value is -1.58. The number of phosphoric ester groups is 1. The SMILES string of the molecule is CC/C=C\C/C=C\C/C=C\C/C=C\CCCCCCCCC(=O)OC(COCCCCCCCCCCCCCCCCCCC)COP(=O)(O)OCC(O)CO. The Labute approximate surface area is 349 Å². The number of unbranched alkanes of at least 4 members (excludes halogenated alkanes) is 22. The van der Waals surface area contributed by atoms with E-state index in [0.29, 0.717) is 13.0 Å². The third kappa shape index (κ3) is 43.8. The maximum atomic E-state index is 12.6. The molecular weight excluding hydrogens is 739 g/mol. The van der Waals surface area contributed by atoms with E-state index in [2.05, 4.69) is 62.5 Å². The van der Waals surface area contributed by atoms with Crippen LogP contribution in [0.3, 0.4) is 0 Å². The first kappa shape index (κ1) is 55.4. The molecule has 9 nitrogen and oxygen atoms in total. The van der Waals surface area contributed by atoms with E-state index in [9.17, 15) is 19.4 Å². The van der Waals surface area contributed by atoms with Crippen LogP contribution in [0.1, 0.15) is 200 Å². The molecule has 0 spiro atoms. The number of aliphatic hydroxyl groups excluding tert-OH is 2. The molecule has 0 bridgehead atoms. The smallest absolute Gasteiger partial charge is 0.457 e. The molecule has 0 aliphatic carbocycles. The lowest BCUT2D eigenvalue weighted by Crippen LogP contribution is -2.29. The van der Waals surface area contributed by atoms with E-state index in [4.69, 9.17) is 23.6 Å². The number of carbonyl (C=O) groups is 1. The molecule has 0 aliphatic heterocycles. The highest BCUT2D eigenvalue weighted by atomic mass is 31.2. The quantitative estimate of drug-likeness (QED) is 0.0238. The summed E-state index contributed by atoms with van der Waals surface area (Å²) in [6.07, 6.45) is 49.2. The van der Waals surface area contributed by atoms with Crippen LogP contribution in [0, 0.1) is 0 Å². The van der Waals surface area contributed by atoms with Crippen molar-refractivity contribution in [1.82, 2.24) is 0 Å². The molecule has 0 aromatic heterocycles. The second-order valence-electron chi connectivity index (χ2n) is 15.4. The van der Waals surface area contributed by atoms with Crippen LogP contribution < -0.4 is 0 Å². The van der Waals surface area contributed by atoms with Gasteiger partial charge in [-0.15, -0.1) is 0 Å². The van der Waals surface area contributed by atoms with Crippen LogP contribution in [0.4, 0.5) is 0 Å². The number of ether oxygens (including phenoxy) is 2. The predicted octanol–water partition coefficient (Wildman–Crippen LogP) is 13.0. The van der Waals surface area contributed by atoms with E-state index in [1.807, 2.05) is 0 Å². The summed E-state index contributed by atoms with van der Waals surface area (Å²) in [5, 5.41) is 18.4. The van der Waals surface area contributed by atoms with Gasteiger partial charge in [-0.3, -0.25) is 13.8 Å². The molecule has 0 aromatic carbocycles. The highest BCUT2D eigenvalue weighted by Crippen LogP contribution is 2.43. The lowest BCUT2D eigenvalue weighted by molar-refractivity contribution is -0.154. The van der Waals surface area contributed by atoms with Crippen LogP contribution >= 0.6 is 7.82 Å². The lowest BCUT2D eigenvalue weighted by atomic mass is 10.0. The minimum Gasteiger partial charge on any atom is -0.457 e. The average molecular weight is 827 g/mol. The van der Waals surface area contributed by atoms with Gasteiger partial charge in [-0.1, -0.05) is 191 Å². The first-order chi connectivity index (χ1) is 27.8. The Morgan fingerprint density at radius 3 is 1.51 bits per heavy atom. The minimum absolute atomic E-state index is 0.0448. The number of allylic oxidation sites excluding steroid dienone is 8. The summed E-state index contributed by atoms with van der Waals surface area (Å²) in [4.78, 5) is 22.6. The topological polar surface area (TPSA) is 132 Å². The van der Waals surface area contributed by atoms with Crippen molar-refractivity contribution in [2.75, 3.05) is 33.0 Å². The van der Waals surface area contributed by atoms with Gasteiger partial charge in [0.15, 0.2) is 0 Å². The molecule has 0 rings (SSSR count). The Morgan fingerprint density at radius 2 is 1.00 bits per heavy atom. The van der Waals surface area contributed by atoms with Crippen molar-refractivity contribution in [2.24, 2.45) is 0 Å². The molecule has 0 radical (unpaired) electrons. The molecule has 57 heavy (non-hydrogen) atoms. The summed E-state index contributed by atoms with van der Waals surface area (Å²) in [5.74, 6) is -0.395. The van der Waals surface area contributed by atoms with Gasteiger partial charge in [0.05, 0.1) is 26.4 Å². The van der Waals surface area contributed by atoms with Crippen molar-refractivity contribution in [3.63, 3.8) is 0 Å². The zero-order valence-corrected chi connectivity index (χ0v) is 37.4. The Kier molecular flexibility index (Phi) is 42.8. The fraction of sp³-hybridized carbons (Fsp3) is 0.809. The van der Waals surface area contributed by atoms with Crippen LogP contribution in [-0.4, -0.2) is 66.3 Å².